The van der Waals surface area contributed by atoms with Crippen LogP contribution in [0.4, 0.5) is 5.69 Å². The summed E-state index contributed by atoms with van der Waals surface area (Å²) in [6.07, 6.45) is -0.338. The number of carboxylic acid groups (broad SMARTS) is 1. The van der Waals surface area contributed by atoms with E-state index in [1.807, 2.05) is 0 Å². The van der Waals surface area contributed by atoms with E-state index in [2.05, 4.69) is 11.9 Å². The van der Waals surface area contributed by atoms with Gasteiger partial charge in [0.05, 0.1) is 12.1 Å². The Morgan fingerprint density at radius 3 is 2.41 bits per heavy atom. The molecule has 5 nitrogen and oxygen atoms in total. The standard InChI is InChI=1S/C12H13NO4/c1-8(14)9-4-2-3-5-10(9)13-11(15)6-7-12(16)17/h2-5,14H,1,6-7H2,(H,13,15)(H,16,17). The maximum atomic E-state index is 11.4. The Hall–Kier alpha value is -2.30. The molecule has 0 saturated carbocycles. The zero-order valence-corrected chi connectivity index (χ0v) is 9.14. The maximum absolute atomic E-state index is 11.4. The van der Waals surface area contributed by atoms with Gasteiger partial charge in [-0.05, 0) is 12.1 Å². The Morgan fingerprint density at radius 1 is 1.18 bits per heavy atom. The molecule has 17 heavy (non-hydrogen) atoms. The average molecular weight is 235 g/mol. The second-order valence-electron chi connectivity index (χ2n) is 3.43. The molecule has 1 aromatic rings. The van der Waals surface area contributed by atoms with E-state index in [-0.39, 0.29) is 18.6 Å². The third-order valence-corrected chi connectivity index (χ3v) is 2.08. The van der Waals surface area contributed by atoms with E-state index < -0.39 is 11.9 Å². The summed E-state index contributed by atoms with van der Waals surface area (Å²) in [4.78, 5) is 21.7. The number of rotatable bonds is 5. The molecule has 3 N–H and O–H groups in total. The SMILES string of the molecule is C=C(O)c1ccccc1NC(=O)CCC(=O)O. The molecule has 0 aliphatic rings. The molecule has 0 heterocycles. The molecule has 0 spiro atoms. The predicted molar refractivity (Wildman–Crippen MR) is 63.6 cm³/mol. The number of aliphatic hydroxyl groups excluding tert-OH is 1. The molecule has 0 aliphatic heterocycles. The lowest BCUT2D eigenvalue weighted by Gasteiger charge is -2.09. The fourth-order valence-electron chi connectivity index (χ4n) is 1.28. The zero-order chi connectivity index (χ0) is 12.8. The van der Waals surface area contributed by atoms with Crippen LogP contribution in [-0.4, -0.2) is 22.1 Å². The molecule has 0 unspecified atom stereocenters. The monoisotopic (exact) mass is 235 g/mol. The molecule has 1 aromatic carbocycles. The van der Waals surface area contributed by atoms with Crippen molar-refractivity contribution >= 4 is 23.3 Å². The summed E-state index contributed by atoms with van der Waals surface area (Å²) < 4.78 is 0. The maximum Gasteiger partial charge on any atom is 0.303 e. The van der Waals surface area contributed by atoms with Crippen LogP contribution in [0.25, 0.3) is 5.76 Å². The zero-order valence-electron chi connectivity index (χ0n) is 9.14. The van der Waals surface area contributed by atoms with Crippen LogP contribution in [-0.2, 0) is 9.59 Å². The lowest BCUT2D eigenvalue weighted by Crippen LogP contribution is -2.14. The highest BCUT2D eigenvalue weighted by Gasteiger charge is 2.09. The van der Waals surface area contributed by atoms with Crippen molar-refractivity contribution in [2.45, 2.75) is 12.8 Å². The number of nitrogens with one attached hydrogen (secondary N) is 1. The van der Waals surface area contributed by atoms with Gasteiger partial charge in [-0.1, -0.05) is 18.7 Å². The van der Waals surface area contributed by atoms with Crippen LogP contribution >= 0.6 is 0 Å². The van der Waals surface area contributed by atoms with Crippen molar-refractivity contribution in [2.24, 2.45) is 0 Å². The van der Waals surface area contributed by atoms with Crippen molar-refractivity contribution < 1.29 is 19.8 Å². The average Bonchev–Trinajstić information content (AvgIpc) is 2.27. The Kier molecular flexibility index (Phi) is 4.28. The largest absolute Gasteiger partial charge is 0.508 e. The van der Waals surface area contributed by atoms with E-state index in [0.717, 1.165) is 0 Å². The molecule has 5 heteroatoms. The quantitative estimate of drug-likeness (QED) is 0.681. The first kappa shape index (κ1) is 12.8. The molecule has 0 saturated heterocycles. The fraction of sp³-hybridized carbons (Fsp3) is 0.167. The van der Waals surface area contributed by atoms with Gasteiger partial charge in [0.1, 0.15) is 5.76 Å². The Balaban J connectivity index is 2.71. The highest BCUT2D eigenvalue weighted by Crippen LogP contribution is 2.20. The van der Waals surface area contributed by atoms with E-state index >= 15 is 0 Å². The van der Waals surface area contributed by atoms with Gasteiger partial charge >= 0.3 is 5.97 Å². The van der Waals surface area contributed by atoms with Crippen LogP contribution in [0.1, 0.15) is 18.4 Å². The minimum atomic E-state index is -1.03. The Bertz CT molecular complexity index is 454. The van der Waals surface area contributed by atoms with Crippen molar-refractivity contribution in [1.82, 2.24) is 0 Å². The number of amides is 1. The van der Waals surface area contributed by atoms with E-state index in [9.17, 15) is 14.7 Å². The van der Waals surface area contributed by atoms with Gasteiger partial charge < -0.3 is 15.5 Å². The number of benzene rings is 1. The summed E-state index contributed by atoms with van der Waals surface area (Å²) in [5.41, 5.74) is 0.826. The van der Waals surface area contributed by atoms with Crippen molar-refractivity contribution in [2.75, 3.05) is 5.32 Å². The normalized spacial score (nSPS) is 9.65. The number of aliphatic carboxylic acids is 1. The van der Waals surface area contributed by atoms with Gasteiger partial charge in [0.25, 0.3) is 0 Å². The molecular formula is C12H13NO4. The van der Waals surface area contributed by atoms with Gasteiger partial charge in [0, 0.05) is 12.0 Å². The molecule has 1 rings (SSSR count). The van der Waals surface area contributed by atoms with E-state index in [4.69, 9.17) is 5.11 Å². The summed E-state index contributed by atoms with van der Waals surface area (Å²) in [5.74, 6) is -1.60. The van der Waals surface area contributed by atoms with Crippen molar-refractivity contribution in [1.29, 1.82) is 0 Å². The molecular weight excluding hydrogens is 222 g/mol. The molecule has 0 atom stereocenters. The number of anilines is 1. The summed E-state index contributed by atoms with van der Waals surface area (Å²) in [6.45, 7) is 3.38. The van der Waals surface area contributed by atoms with Gasteiger partial charge in [0.15, 0.2) is 0 Å². The van der Waals surface area contributed by atoms with Crippen LogP contribution in [0.5, 0.6) is 0 Å². The third-order valence-electron chi connectivity index (χ3n) is 2.08. The minimum Gasteiger partial charge on any atom is -0.508 e. The van der Waals surface area contributed by atoms with E-state index in [1.165, 1.54) is 0 Å². The van der Waals surface area contributed by atoms with Crippen LogP contribution < -0.4 is 5.32 Å². The first-order valence-electron chi connectivity index (χ1n) is 4.99. The number of para-hydroxylation sites is 1. The first-order chi connectivity index (χ1) is 8.00. The number of hydrogen-bond donors (Lipinski definition) is 3. The minimum absolute atomic E-state index is 0.110. The number of hydrogen-bond acceptors (Lipinski definition) is 3. The lowest BCUT2D eigenvalue weighted by molar-refractivity contribution is -0.138. The van der Waals surface area contributed by atoms with Gasteiger partial charge in [0.2, 0.25) is 5.91 Å². The van der Waals surface area contributed by atoms with Crippen molar-refractivity contribution in [3.8, 4) is 0 Å². The summed E-state index contributed by atoms with van der Waals surface area (Å²) in [7, 11) is 0. The fourth-order valence-corrected chi connectivity index (χ4v) is 1.28. The highest BCUT2D eigenvalue weighted by atomic mass is 16.4. The molecule has 0 bridgehead atoms. The first-order valence-corrected chi connectivity index (χ1v) is 4.99. The van der Waals surface area contributed by atoms with Crippen LogP contribution in [0, 0.1) is 0 Å². The van der Waals surface area contributed by atoms with Gasteiger partial charge in [-0.25, -0.2) is 0 Å². The van der Waals surface area contributed by atoms with E-state index in [1.54, 1.807) is 24.3 Å². The van der Waals surface area contributed by atoms with E-state index in [0.29, 0.717) is 11.3 Å². The van der Waals surface area contributed by atoms with Crippen molar-refractivity contribution in [3.05, 3.63) is 36.4 Å². The number of carboxylic acids is 1. The summed E-state index contributed by atoms with van der Waals surface area (Å²) in [6, 6.07) is 6.60. The molecule has 0 fully saturated rings. The van der Waals surface area contributed by atoms with Crippen molar-refractivity contribution in [3.63, 3.8) is 0 Å². The molecule has 1 amide bonds. The molecule has 0 aliphatic carbocycles. The van der Waals surface area contributed by atoms with Crippen LogP contribution in [0.15, 0.2) is 30.8 Å². The van der Waals surface area contributed by atoms with Gasteiger partial charge in [-0.2, -0.15) is 0 Å². The topological polar surface area (TPSA) is 86.6 Å². The summed E-state index contributed by atoms with van der Waals surface area (Å²) in [5, 5.41) is 20.3. The Labute approximate surface area is 98.4 Å². The molecule has 90 valence electrons. The highest BCUT2D eigenvalue weighted by molar-refractivity contribution is 5.94. The number of carbonyl (C=O) groups excluding carboxylic acids is 1. The number of carbonyl (C=O) groups is 2. The smallest absolute Gasteiger partial charge is 0.303 e. The predicted octanol–water partition coefficient (Wildman–Crippen LogP) is 2.02. The second kappa shape index (κ2) is 5.69. The molecule has 0 aromatic heterocycles. The third kappa shape index (κ3) is 3.98. The van der Waals surface area contributed by atoms with Crippen LogP contribution in [0.2, 0.25) is 0 Å². The van der Waals surface area contributed by atoms with Gasteiger partial charge in [-0.15, -0.1) is 0 Å². The van der Waals surface area contributed by atoms with Gasteiger partial charge in [-0.3, -0.25) is 9.59 Å². The number of aliphatic hydroxyl groups is 1. The molecule has 0 radical (unpaired) electrons. The summed E-state index contributed by atoms with van der Waals surface area (Å²) >= 11 is 0. The lowest BCUT2D eigenvalue weighted by atomic mass is 10.1. The second-order valence-corrected chi connectivity index (χ2v) is 3.43. The van der Waals surface area contributed by atoms with Crippen LogP contribution in [0.3, 0.4) is 0 Å². The Morgan fingerprint density at radius 2 is 1.82 bits per heavy atom.